The number of carbonyl (C=O) groups excluding carboxylic acids is 2. The van der Waals surface area contributed by atoms with Gasteiger partial charge in [-0.05, 0) is 25.0 Å². The molecule has 0 saturated carbocycles. The summed E-state index contributed by atoms with van der Waals surface area (Å²) < 4.78 is 11.0. The van der Waals surface area contributed by atoms with Crippen LogP contribution in [0.4, 0.5) is 0 Å². The Balaban J connectivity index is 1.36. The molecule has 0 bridgehead atoms. The number of likely N-dealkylation sites (tertiary alicyclic amines) is 1. The van der Waals surface area contributed by atoms with E-state index in [-0.39, 0.29) is 24.5 Å². The monoisotopic (exact) mass is 361 g/mol. The first-order valence-corrected chi connectivity index (χ1v) is 9.27. The van der Waals surface area contributed by atoms with Crippen molar-refractivity contribution in [2.24, 2.45) is 0 Å². The maximum absolute atomic E-state index is 12.4. The van der Waals surface area contributed by atoms with E-state index >= 15 is 0 Å². The summed E-state index contributed by atoms with van der Waals surface area (Å²) >= 11 is 0. The second kappa shape index (κ2) is 9.54. The highest BCUT2D eigenvalue weighted by molar-refractivity contribution is 5.80. The molecule has 0 radical (unpaired) electrons. The number of amides is 2. The SMILES string of the molecule is O=C(COCCOc1ccccc1)N1CCCC(N2CCNCC2=O)C1. The first-order chi connectivity index (χ1) is 12.7. The highest BCUT2D eigenvalue weighted by atomic mass is 16.5. The molecule has 142 valence electrons. The molecular weight excluding hydrogens is 334 g/mol. The van der Waals surface area contributed by atoms with Crippen LogP contribution in [0.25, 0.3) is 0 Å². The van der Waals surface area contributed by atoms with Crippen LogP contribution >= 0.6 is 0 Å². The maximum atomic E-state index is 12.4. The summed E-state index contributed by atoms with van der Waals surface area (Å²) in [6.07, 6.45) is 1.88. The lowest BCUT2D eigenvalue weighted by molar-refractivity contribution is -0.143. The molecule has 2 aliphatic rings. The topological polar surface area (TPSA) is 71.1 Å². The molecule has 1 unspecified atom stereocenters. The van der Waals surface area contributed by atoms with Crippen molar-refractivity contribution in [2.75, 3.05) is 52.5 Å². The lowest BCUT2D eigenvalue weighted by atomic mass is 10.0. The number of benzene rings is 1. The Kier molecular flexibility index (Phi) is 6.85. The van der Waals surface area contributed by atoms with Crippen LogP contribution in [-0.4, -0.2) is 80.2 Å². The first kappa shape index (κ1) is 18.7. The summed E-state index contributed by atoms with van der Waals surface area (Å²) in [5.74, 6) is 0.906. The molecule has 7 heteroatoms. The largest absolute Gasteiger partial charge is 0.491 e. The third-order valence-electron chi connectivity index (χ3n) is 4.78. The Morgan fingerprint density at radius 3 is 2.85 bits per heavy atom. The van der Waals surface area contributed by atoms with Gasteiger partial charge in [0.05, 0.1) is 13.2 Å². The quantitative estimate of drug-likeness (QED) is 0.717. The molecule has 7 nitrogen and oxygen atoms in total. The van der Waals surface area contributed by atoms with E-state index in [1.807, 2.05) is 40.1 Å². The molecule has 2 amide bonds. The fourth-order valence-corrected chi connectivity index (χ4v) is 3.43. The summed E-state index contributed by atoms with van der Waals surface area (Å²) in [4.78, 5) is 28.2. The average Bonchev–Trinajstić information content (AvgIpc) is 2.69. The zero-order valence-electron chi connectivity index (χ0n) is 15.1. The minimum absolute atomic E-state index is 0.0167. The number of para-hydroxylation sites is 1. The third kappa shape index (κ3) is 5.19. The molecule has 2 fully saturated rings. The van der Waals surface area contributed by atoms with Gasteiger partial charge in [0.2, 0.25) is 11.8 Å². The van der Waals surface area contributed by atoms with Crippen molar-refractivity contribution in [3.05, 3.63) is 30.3 Å². The standard InChI is InChI=1S/C19H27N3O4/c23-18-13-20-8-10-22(18)16-5-4-9-21(14-16)19(24)15-25-11-12-26-17-6-2-1-3-7-17/h1-3,6-7,16,20H,4-5,8-15H2. The number of piperidine rings is 1. The van der Waals surface area contributed by atoms with Gasteiger partial charge in [-0.1, -0.05) is 18.2 Å². The Morgan fingerprint density at radius 1 is 1.19 bits per heavy atom. The van der Waals surface area contributed by atoms with Crippen molar-refractivity contribution < 1.29 is 19.1 Å². The van der Waals surface area contributed by atoms with E-state index in [1.54, 1.807) is 0 Å². The van der Waals surface area contributed by atoms with Crippen molar-refractivity contribution in [3.8, 4) is 5.75 Å². The van der Waals surface area contributed by atoms with Crippen LogP contribution < -0.4 is 10.1 Å². The average molecular weight is 361 g/mol. The highest BCUT2D eigenvalue weighted by Crippen LogP contribution is 2.17. The van der Waals surface area contributed by atoms with Crippen LogP contribution in [0.2, 0.25) is 0 Å². The lowest BCUT2D eigenvalue weighted by Gasteiger charge is -2.41. The van der Waals surface area contributed by atoms with Crippen molar-refractivity contribution >= 4 is 11.8 Å². The lowest BCUT2D eigenvalue weighted by Crippen LogP contribution is -2.57. The van der Waals surface area contributed by atoms with Crippen LogP contribution in [0.15, 0.2) is 30.3 Å². The third-order valence-corrected chi connectivity index (χ3v) is 4.78. The summed E-state index contributed by atoms with van der Waals surface area (Å²) in [6.45, 7) is 4.12. The number of ether oxygens (including phenoxy) is 2. The van der Waals surface area contributed by atoms with Crippen LogP contribution in [0.5, 0.6) is 5.75 Å². The van der Waals surface area contributed by atoms with Gasteiger partial charge in [-0.3, -0.25) is 9.59 Å². The first-order valence-electron chi connectivity index (χ1n) is 9.27. The number of nitrogens with zero attached hydrogens (tertiary/aromatic N) is 2. The predicted octanol–water partition coefficient (Wildman–Crippen LogP) is 0.505. The molecule has 2 saturated heterocycles. The van der Waals surface area contributed by atoms with Gasteiger partial charge in [-0.25, -0.2) is 0 Å². The van der Waals surface area contributed by atoms with Gasteiger partial charge in [0.15, 0.2) is 0 Å². The van der Waals surface area contributed by atoms with E-state index in [4.69, 9.17) is 9.47 Å². The summed E-state index contributed by atoms with van der Waals surface area (Å²) in [7, 11) is 0. The minimum atomic E-state index is -0.0167. The molecule has 26 heavy (non-hydrogen) atoms. The smallest absolute Gasteiger partial charge is 0.248 e. The van der Waals surface area contributed by atoms with E-state index in [9.17, 15) is 9.59 Å². The molecular formula is C19H27N3O4. The second-order valence-corrected chi connectivity index (χ2v) is 6.61. The molecule has 2 aliphatic heterocycles. The van der Waals surface area contributed by atoms with Crippen molar-refractivity contribution in [2.45, 2.75) is 18.9 Å². The van der Waals surface area contributed by atoms with E-state index in [0.717, 1.165) is 38.2 Å². The predicted molar refractivity (Wildman–Crippen MR) is 96.9 cm³/mol. The van der Waals surface area contributed by atoms with Gasteiger partial charge in [0, 0.05) is 32.2 Å². The van der Waals surface area contributed by atoms with Gasteiger partial charge in [0.25, 0.3) is 0 Å². The van der Waals surface area contributed by atoms with E-state index < -0.39 is 0 Å². The highest BCUT2D eigenvalue weighted by Gasteiger charge is 2.31. The molecule has 1 aromatic carbocycles. The Hall–Kier alpha value is -2.12. The minimum Gasteiger partial charge on any atom is -0.491 e. The number of rotatable bonds is 7. The van der Waals surface area contributed by atoms with E-state index in [2.05, 4.69) is 5.32 Å². The van der Waals surface area contributed by atoms with Crippen LogP contribution in [0, 0.1) is 0 Å². The van der Waals surface area contributed by atoms with Gasteiger partial charge >= 0.3 is 0 Å². The molecule has 3 rings (SSSR count). The summed E-state index contributed by atoms with van der Waals surface area (Å²) in [5.41, 5.74) is 0. The molecule has 0 aliphatic carbocycles. The van der Waals surface area contributed by atoms with Gasteiger partial charge in [-0.2, -0.15) is 0 Å². The summed E-state index contributed by atoms with van der Waals surface area (Å²) in [5, 5.41) is 3.09. The number of nitrogens with one attached hydrogen (secondary N) is 1. The maximum Gasteiger partial charge on any atom is 0.248 e. The molecule has 1 aromatic rings. The summed E-state index contributed by atoms with van der Waals surface area (Å²) in [6, 6.07) is 9.66. The fraction of sp³-hybridized carbons (Fsp3) is 0.579. The van der Waals surface area contributed by atoms with Crippen molar-refractivity contribution in [1.82, 2.24) is 15.1 Å². The number of piperazine rings is 1. The molecule has 1 N–H and O–H groups in total. The zero-order chi connectivity index (χ0) is 18.2. The van der Waals surface area contributed by atoms with Crippen LogP contribution in [-0.2, 0) is 14.3 Å². The van der Waals surface area contributed by atoms with Crippen molar-refractivity contribution in [3.63, 3.8) is 0 Å². The molecule has 0 aromatic heterocycles. The second-order valence-electron chi connectivity index (χ2n) is 6.61. The van der Waals surface area contributed by atoms with Gasteiger partial charge < -0.3 is 24.6 Å². The zero-order valence-corrected chi connectivity index (χ0v) is 15.1. The number of hydrogen-bond acceptors (Lipinski definition) is 5. The van der Waals surface area contributed by atoms with E-state index in [1.165, 1.54) is 0 Å². The van der Waals surface area contributed by atoms with Crippen LogP contribution in [0.3, 0.4) is 0 Å². The number of hydrogen-bond donors (Lipinski definition) is 1. The normalized spacial score (nSPS) is 20.9. The van der Waals surface area contributed by atoms with E-state index in [0.29, 0.717) is 26.3 Å². The Morgan fingerprint density at radius 2 is 2.04 bits per heavy atom. The number of carbonyl (C=O) groups is 2. The Labute approximate surface area is 154 Å². The Bertz CT molecular complexity index is 596. The van der Waals surface area contributed by atoms with Gasteiger partial charge in [-0.15, -0.1) is 0 Å². The van der Waals surface area contributed by atoms with Crippen LogP contribution in [0.1, 0.15) is 12.8 Å². The molecule has 0 spiro atoms. The molecule has 1 atom stereocenters. The van der Waals surface area contributed by atoms with Gasteiger partial charge in [0.1, 0.15) is 19.0 Å². The molecule has 2 heterocycles. The van der Waals surface area contributed by atoms with Crippen molar-refractivity contribution in [1.29, 1.82) is 0 Å². The fourth-order valence-electron chi connectivity index (χ4n) is 3.43.